The lowest BCUT2D eigenvalue weighted by atomic mass is 10.1. The highest BCUT2D eigenvalue weighted by Crippen LogP contribution is 2.26. The van der Waals surface area contributed by atoms with Gasteiger partial charge in [-0.25, -0.2) is 0 Å². The van der Waals surface area contributed by atoms with Crippen molar-refractivity contribution in [3.05, 3.63) is 78.9 Å². The van der Waals surface area contributed by atoms with Crippen LogP contribution in [0.2, 0.25) is 0 Å². The number of carbonyl (C=O) groups is 1. The molecule has 3 aromatic rings. The Kier molecular flexibility index (Phi) is 5.88. The Bertz CT molecular complexity index is 845. The highest BCUT2D eigenvalue weighted by atomic mass is 16.5. The normalized spacial score (nSPS) is 10.2. The third-order valence-electron chi connectivity index (χ3n) is 3.78. The maximum atomic E-state index is 12.1. The van der Waals surface area contributed by atoms with Crippen LogP contribution in [0.25, 0.3) is 11.1 Å². The Morgan fingerprint density at radius 1 is 0.769 bits per heavy atom. The van der Waals surface area contributed by atoms with E-state index in [-0.39, 0.29) is 12.5 Å². The fourth-order valence-corrected chi connectivity index (χ4v) is 2.56. The lowest BCUT2D eigenvalue weighted by Crippen LogP contribution is -2.20. The molecule has 0 aliphatic rings. The van der Waals surface area contributed by atoms with Crippen LogP contribution >= 0.6 is 0 Å². The van der Waals surface area contributed by atoms with Crippen LogP contribution in [-0.2, 0) is 4.79 Å². The monoisotopic (exact) mass is 347 g/mol. The molecule has 4 nitrogen and oxygen atoms in total. The standard InChI is InChI=1S/C22H21NO3/c1-2-25-20-10-6-7-11-21(20)26-16-22(24)23-19-14-12-18(13-15-19)17-8-4-3-5-9-17/h3-15H,2,16H2,1H3,(H,23,24). The average molecular weight is 347 g/mol. The van der Waals surface area contributed by atoms with Crippen molar-refractivity contribution in [2.45, 2.75) is 6.92 Å². The smallest absolute Gasteiger partial charge is 0.262 e. The molecule has 0 spiro atoms. The number of benzene rings is 3. The van der Waals surface area contributed by atoms with E-state index in [1.807, 2.05) is 67.6 Å². The molecule has 0 heterocycles. The van der Waals surface area contributed by atoms with E-state index >= 15 is 0 Å². The van der Waals surface area contributed by atoms with E-state index in [0.717, 1.165) is 16.8 Å². The minimum absolute atomic E-state index is 0.0788. The minimum atomic E-state index is -0.219. The lowest BCUT2D eigenvalue weighted by molar-refractivity contribution is -0.118. The van der Waals surface area contributed by atoms with Gasteiger partial charge in [0.2, 0.25) is 0 Å². The Labute approximate surface area is 153 Å². The summed E-state index contributed by atoms with van der Waals surface area (Å²) in [6, 6.07) is 25.1. The van der Waals surface area contributed by atoms with Crippen LogP contribution in [0, 0.1) is 0 Å². The van der Waals surface area contributed by atoms with Crippen molar-refractivity contribution in [3.8, 4) is 22.6 Å². The van der Waals surface area contributed by atoms with E-state index in [1.54, 1.807) is 6.07 Å². The number of para-hydroxylation sites is 2. The summed E-state index contributed by atoms with van der Waals surface area (Å²) in [5, 5.41) is 2.84. The van der Waals surface area contributed by atoms with Gasteiger partial charge < -0.3 is 14.8 Å². The number of anilines is 1. The molecule has 4 heteroatoms. The van der Waals surface area contributed by atoms with Gasteiger partial charge in [-0.3, -0.25) is 4.79 Å². The van der Waals surface area contributed by atoms with Crippen molar-refractivity contribution in [2.75, 3.05) is 18.5 Å². The van der Waals surface area contributed by atoms with Crippen molar-refractivity contribution in [1.82, 2.24) is 0 Å². The third-order valence-corrected chi connectivity index (χ3v) is 3.78. The fourth-order valence-electron chi connectivity index (χ4n) is 2.56. The Morgan fingerprint density at radius 3 is 2.00 bits per heavy atom. The van der Waals surface area contributed by atoms with E-state index < -0.39 is 0 Å². The Morgan fingerprint density at radius 2 is 1.35 bits per heavy atom. The SMILES string of the molecule is CCOc1ccccc1OCC(=O)Nc1ccc(-c2ccccc2)cc1. The first kappa shape index (κ1) is 17.5. The summed E-state index contributed by atoms with van der Waals surface area (Å²) in [6.07, 6.45) is 0. The summed E-state index contributed by atoms with van der Waals surface area (Å²) in [6.45, 7) is 2.37. The van der Waals surface area contributed by atoms with Gasteiger partial charge in [-0.05, 0) is 42.3 Å². The molecule has 0 saturated carbocycles. The minimum Gasteiger partial charge on any atom is -0.490 e. The number of carbonyl (C=O) groups excluding carboxylic acids is 1. The van der Waals surface area contributed by atoms with Crippen LogP contribution in [0.15, 0.2) is 78.9 Å². The number of nitrogens with one attached hydrogen (secondary N) is 1. The molecule has 0 aliphatic carbocycles. The van der Waals surface area contributed by atoms with Gasteiger partial charge in [0, 0.05) is 5.69 Å². The first-order valence-electron chi connectivity index (χ1n) is 8.56. The van der Waals surface area contributed by atoms with Gasteiger partial charge in [0.05, 0.1) is 6.61 Å². The van der Waals surface area contributed by atoms with E-state index in [2.05, 4.69) is 17.4 Å². The second-order valence-corrected chi connectivity index (χ2v) is 5.66. The third kappa shape index (κ3) is 4.63. The van der Waals surface area contributed by atoms with Gasteiger partial charge in [-0.1, -0.05) is 54.6 Å². The molecule has 0 atom stereocenters. The van der Waals surface area contributed by atoms with Gasteiger partial charge >= 0.3 is 0 Å². The van der Waals surface area contributed by atoms with Crippen molar-refractivity contribution in [1.29, 1.82) is 0 Å². The van der Waals surface area contributed by atoms with Crippen LogP contribution < -0.4 is 14.8 Å². The number of ether oxygens (including phenoxy) is 2. The molecule has 1 N–H and O–H groups in total. The fraction of sp³-hybridized carbons (Fsp3) is 0.136. The van der Waals surface area contributed by atoms with Crippen molar-refractivity contribution in [3.63, 3.8) is 0 Å². The van der Waals surface area contributed by atoms with Gasteiger partial charge in [0.1, 0.15) is 0 Å². The second kappa shape index (κ2) is 8.72. The zero-order valence-corrected chi connectivity index (χ0v) is 14.6. The number of hydrogen-bond acceptors (Lipinski definition) is 3. The summed E-state index contributed by atoms with van der Waals surface area (Å²) >= 11 is 0. The van der Waals surface area contributed by atoms with Gasteiger partial charge in [0.15, 0.2) is 18.1 Å². The first-order valence-corrected chi connectivity index (χ1v) is 8.56. The predicted octanol–water partition coefficient (Wildman–Crippen LogP) is 4.77. The van der Waals surface area contributed by atoms with Gasteiger partial charge in [-0.15, -0.1) is 0 Å². The highest BCUT2D eigenvalue weighted by molar-refractivity contribution is 5.92. The highest BCUT2D eigenvalue weighted by Gasteiger charge is 2.08. The molecule has 26 heavy (non-hydrogen) atoms. The Balaban J connectivity index is 1.57. The van der Waals surface area contributed by atoms with Crippen molar-refractivity contribution in [2.24, 2.45) is 0 Å². The van der Waals surface area contributed by atoms with Crippen LogP contribution in [0.5, 0.6) is 11.5 Å². The van der Waals surface area contributed by atoms with Crippen LogP contribution in [0.3, 0.4) is 0 Å². The molecule has 0 saturated heterocycles. The van der Waals surface area contributed by atoms with Gasteiger partial charge in [0.25, 0.3) is 5.91 Å². The molecule has 0 aliphatic heterocycles. The maximum Gasteiger partial charge on any atom is 0.262 e. The summed E-state index contributed by atoms with van der Waals surface area (Å²) in [4.78, 5) is 12.1. The topological polar surface area (TPSA) is 47.6 Å². The summed E-state index contributed by atoms with van der Waals surface area (Å²) in [5.41, 5.74) is 2.98. The average Bonchev–Trinajstić information content (AvgIpc) is 2.69. The lowest BCUT2D eigenvalue weighted by Gasteiger charge is -2.12. The molecule has 0 aromatic heterocycles. The number of rotatable bonds is 7. The molecule has 0 fully saturated rings. The number of hydrogen-bond donors (Lipinski definition) is 1. The van der Waals surface area contributed by atoms with E-state index in [0.29, 0.717) is 18.1 Å². The molecule has 0 radical (unpaired) electrons. The quantitative estimate of drug-likeness (QED) is 0.670. The summed E-state index contributed by atoms with van der Waals surface area (Å²) in [7, 11) is 0. The second-order valence-electron chi connectivity index (χ2n) is 5.66. The maximum absolute atomic E-state index is 12.1. The molecule has 0 bridgehead atoms. The van der Waals surface area contributed by atoms with Crippen LogP contribution in [0.1, 0.15) is 6.92 Å². The molecule has 3 rings (SSSR count). The zero-order valence-electron chi connectivity index (χ0n) is 14.6. The molecule has 3 aromatic carbocycles. The molecule has 0 unspecified atom stereocenters. The zero-order chi connectivity index (χ0) is 18.2. The van der Waals surface area contributed by atoms with Crippen molar-refractivity contribution >= 4 is 11.6 Å². The van der Waals surface area contributed by atoms with Crippen LogP contribution in [-0.4, -0.2) is 19.1 Å². The van der Waals surface area contributed by atoms with Crippen LogP contribution in [0.4, 0.5) is 5.69 Å². The van der Waals surface area contributed by atoms with E-state index in [1.165, 1.54) is 0 Å². The van der Waals surface area contributed by atoms with E-state index in [4.69, 9.17) is 9.47 Å². The van der Waals surface area contributed by atoms with Crippen molar-refractivity contribution < 1.29 is 14.3 Å². The predicted molar refractivity (Wildman–Crippen MR) is 104 cm³/mol. The van der Waals surface area contributed by atoms with E-state index in [9.17, 15) is 4.79 Å². The summed E-state index contributed by atoms with van der Waals surface area (Å²) in [5.74, 6) is 0.975. The molecule has 1 amide bonds. The summed E-state index contributed by atoms with van der Waals surface area (Å²) < 4.78 is 11.1. The number of amides is 1. The largest absolute Gasteiger partial charge is 0.490 e. The molecular formula is C22H21NO3. The molecule has 132 valence electrons. The van der Waals surface area contributed by atoms with Gasteiger partial charge in [-0.2, -0.15) is 0 Å². The first-order chi connectivity index (χ1) is 12.8. The Hall–Kier alpha value is -3.27. The molecular weight excluding hydrogens is 326 g/mol.